The van der Waals surface area contributed by atoms with Gasteiger partial charge in [-0.3, -0.25) is 4.68 Å². The minimum absolute atomic E-state index is 0.509. The number of anilines is 2. The van der Waals surface area contributed by atoms with Crippen LogP contribution in [0.4, 0.5) is 11.6 Å². The van der Waals surface area contributed by atoms with Crippen LogP contribution >= 0.6 is 0 Å². The van der Waals surface area contributed by atoms with E-state index in [1.54, 1.807) is 25.6 Å². The van der Waals surface area contributed by atoms with Gasteiger partial charge in [0.25, 0.3) is 0 Å². The number of hydrogen-bond acceptors (Lipinski definition) is 6. The highest BCUT2D eigenvalue weighted by molar-refractivity contribution is 5.50. The summed E-state index contributed by atoms with van der Waals surface area (Å²) in [6.45, 7) is 4.38. The van der Waals surface area contributed by atoms with Crippen molar-refractivity contribution in [1.82, 2.24) is 24.6 Å². The molecular formula is C15H22N6O. The molecule has 0 bridgehead atoms. The molecule has 0 spiro atoms. The van der Waals surface area contributed by atoms with Crippen LogP contribution in [0.15, 0.2) is 24.7 Å². The van der Waals surface area contributed by atoms with Crippen molar-refractivity contribution in [3.63, 3.8) is 0 Å². The lowest BCUT2D eigenvalue weighted by molar-refractivity contribution is 0.218. The SMILES string of the molecule is COc1ccnc(Nc2cnn(CCN3CCCCC3)c2)n1. The second-order valence-electron chi connectivity index (χ2n) is 5.44. The van der Waals surface area contributed by atoms with Gasteiger partial charge < -0.3 is 15.0 Å². The van der Waals surface area contributed by atoms with Gasteiger partial charge in [0.05, 0.1) is 25.5 Å². The number of nitrogens with zero attached hydrogens (tertiary/aromatic N) is 5. The zero-order valence-corrected chi connectivity index (χ0v) is 12.9. The van der Waals surface area contributed by atoms with Crippen molar-refractivity contribution in [2.45, 2.75) is 25.8 Å². The van der Waals surface area contributed by atoms with E-state index in [0.29, 0.717) is 11.8 Å². The predicted molar refractivity (Wildman–Crippen MR) is 84.4 cm³/mol. The summed E-state index contributed by atoms with van der Waals surface area (Å²) >= 11 is 0. The molecule has 2 aromatic rings. The van der Waals surface area contributed by atoms with Crippen molar-refractivity contribution in [3.05, 3.63) is 24.7 Å². The fourth-order valence-electron chi connectivity index (χ4n) is 2.62. The number of nitrogens with one attached hydrogen (secondary N) is 1. The lowest BCUT2D eigenvalue weighted by atomic mass is 10.1. The summed E-state index contributed by atoms with van der Waals surface area (Å²) in [7, 11) is 1.59. The minimum Gasteiger partial charge on any atom is -0.481 e. The maximum absolute atomic E-state index is 5.09. The van der Waals surface area contributed by atoms with Crippen LogP contribution in [0.1, 0.15) is 19.3 Å². The molecular weight excluding hydrogens is 280 g/mol. The van der Waals surface area contributed by atoms with E-state index in [9.17, 15) is 0 Å². The molecule has 22 heavy (non-hydrogen) atoms. The molecule has 3 rings (SSSR count). The minimum atomic E-state index is 0.509. The summed E-state index contributed by atoms with van der Waals surface area (Å²) in [5.41, 5.74) is 0.881. The summed E-state index contributed by atoms with van der Waals surface area (Å²) in [4.78, 5) is 10.9. The van der Waals surface area contributed by atoms with Gasteiger partial charge in [-0.2, -0.15) is 10.1 Å². The maximum atomic E-state index is 5.09. The van der Waals surface area contributed by atoms with Crippen LogP contribution in [0.3, 0.4) is 0 Å². The number of rotatable bonds is 6. The molecule has 3 heterocycles. The summed E-state index contributed by atoms with van der Waals surface area (Å²) in [5, 5.41) is 7.52. The molecule has 0 unspecified atom stereocenters. The van der Waals surface area contributed by atoms with Gasteiger partial charge in [0.1, 0.15) is 0 Å². The van der Waals surface area contributed by atoms with Crippen LogP contribution in [-0.4, -0.2) is 51.4 Å². The molecule has 0 aromatic carbocycles. The van der Waals surface area contributed by atoms with E-state index in [2.05, 4.69) is 25.3 Å². The van der Waals surface area contributed by atoms with E-state index in [-0.39, 0.29) is 0 Å². The van der Waals surface area contributed by atoms with Gasteiger partial charge in [-0.1, -0.05) is 6.42 Å². The van der Waals surface area contributed by atoms with Crippen molar-refractivity contribution in [3.8, 4) is 5.88 Å². The molecule has 7 heteroatoms. The van der Waals surface area contributed by atoms with Crippen LogP contribution in [0.25, 0.3) is 0 Å². The molecule has 0 saturated carbocycles. The summed E-state index contributed by atoms with van der Waals surface area (Å²) in [6, 6.07) is 1.72. The highest BCUT2D eigenvalue weighted by Gasteiger charge is 2.10. The first kappa shape index (κ1) is 14.8. The van der Waals surface area contributed by atoms with Crippen molar-refractivity contribution in [2.75, 3.05) is 32.1 Å². The molecule has 7 nitrogen and oxygen atoms in total. The van der Waals surface area contributed by atoms with Crippen LogP contribution in [0, 0.1) is 0 Å². The van der Waals surface area contributed by atoms with Crippen molar-refractivity contribution >= 4 is 11.6 Å². The smallest absolute Gasteiger partial charge is 0.230 e. The first-order chi connectivity index (χ1) is 10.8. The van der Waals surface area contributed by atoms with Gasteiger partial charge in [-0.25, -0.2) is 4.98 Å². The lowest BCUT2D eigenvalue weighted by Crippen LogP contribution is -2.32. The normalized spacial score (nSPS) is 15.7. The third-order valence-electron chi connectivity index (χ3n) is 3.82. The highest BCUT2D eigenvalue weighted by Crippen LogP contribution is 2.14. The average Bonchev–Trinajstić information content (AvgIpc) is 3.01. The fourth-order valence-corrected chi connectivity index (χ4v) is 2.62. The number of aromatic nitrogens is 4. The Kier molecular flexibility index (Phi) is 4.85. The van der Waals surface area contributed by atoms with E-state index in [1.165, 1.54) is 32.4 Å². The lowest BCUT2D eigenvalue weighted by Gasteiger charge is -2.26. The fraction of sp³-hybridized carbons (Fsp3) is 0.533. The molecule has 0 aliphatic carbocycles. The Morgan fingerprint density at radius 2 is 2.09 bits per heavy atom. The molecule has 0 atom stereocenters. The Morgan fingerprint density at radius 1 is 1.23 bits per heavy atom. The quantitative estimate of drug-likeness (QED) is 0.879. The number of likely N-dealkylation sites (tertiary alicyclic amines) is 1. The number of piperidine rings is 1. The summed E-state index contributed by atoms with van der Waals surface area (Å²) in [6.07, 6.45) is 9.44. The average molecular weight is 302 g/mol. The molecule has 0 radical (unpaired) electrons. The van der Waals surface area contributed by atoms with Crippen LogP contribution in [0.2, 0.25) is 0 Å². The van der Waals surface area contributed by atoms with Gasteiger partial charge in [-0.15, -0.1) is 0 Å². The summed E-state index contributed by atoms with van der Waals surface area (Å²) in [5.74, 6) is 1.05. The molecule has 118 valence electrons. The van der Waals surface area contributed by atoms with Crippen molar-refractivity contribution in [1.29, 1.82) is 0 Å². The van der Waals surface area contributed by atoms with E-state index < -0.39 is 0 Å². The van der Waals surface area contributed by atoms with E-state index in [0.717, 1.165) is 18.8 Å². The van der Waals surface area contributed by atoms with Crippen molar-refractivity contribution in [2.24, 2.45) is 0 Å². The molecule has 1 aliphatic heterocycles. The molecule has 1 aliphatic rings. The van der Waals surface area contributed by atoms with Crippen LogP contribution < -0.4 is 10.1 Å². The van der Waals surface area contributed by atoms with E-state index >= 15 is 0 Å². The van der Waals surface area contributed by atoms with Crippen LogP contribution in [0.5, 0.6) is 5.88 Å². The Bertz CT molecular complexity index is 593. The molecule has 1 saturated heterocycles. The largest absolute Gasteiger partial charge is 0.481 e. The third kappa shape index (κ3) is 3.94. The Morgan fingerprint density at radius 3 is 2.91 bits per heavy atom. The van der Waals surface area contributed by atoms with Gasteiger partial charge in [0, 0.05) is 25.0 Å². The molecule has 2 aromatic heterocycles. The first-order valence-electron chi connectivity index (χ1n) is 7.72. The maximum Gasteiger partial charge on any atom is 0.230 e. The zero-order chi connectivity index (χ0) is 15.2. The Balaban J connectivity index is 1.54. The number of methoxy groups -OCH3 is 1. The standard InChI is InChI=1S/C15H22N6O/c1-22-14-5-6-16-15(19-14)18-13-11-17-21(12-13)10-9-20-7-3-2-4-8-20/h5-6,11-12H,2-4,7-10H2,1H3,(H,16,18,19). The molecule has 1 fully saturated rings. The number of hydrogen-bond donors (Lipinski definition) is 1. The van der Waals surface area contributed by atoms with Gasteiger partial charge in [0.2, 0.25) is 11.8 Å². The van der Waals surface area contributed by atoms with E-state index in [4.69, 9.17) is 4.74 Å². The monoisotopic (exact) mass is 302 g/mol. The second-order valence-corrected chi connectivity index (χ2v) is 5.44. The molecule has 0 amide bonds. The first-order valence-corrected chi connectivity index (χ1v) is 7.72. The highest BCUT2D eigenvalue weighted by atomic mass is 16.5. The van der Waals surface area contributed by atoms with Crippen molar-refractivity contribution < 1.29 is 4.74 Å². The van der Waals surface area contributed by atoms with Gasteiger partial charge >= 0.3 is 0 Å². The number of ether oxygens (including phenoxy) is 1. The van der Waals surface area contributed by atoms with Crippen LogP contribution in [-0.2, 0) is 6.54 Å². The Labute approximate surface area is 130 Å². The topological polar surface area (TPSA) is 68.1 Å². The van der Waals surface area contributed by atoms with E-state index in [1.807, 2.05) is 10.9 Å². The third-order valence-corrected chi connectivity index (χ3v) is 3.82. The zero-order valence-electron chi connectivity index (χ0n) is 12.9. The second kappa shape index (κ2) is 7.22. The summed E-state index contributed by atoms with van der Waals surface area (Å²) < 4.78 is 7.04. The molecule has 1 N–H and O–H groups in total. The Hall–Kier alpha value is -2.15. The predicted octanol–water partition coefficient (Wildman–Crippen LogP) is 1.91. The van der Waals surface area contributed by atoms with Gasteiger partial charge in [0.15, 0.2) is 0 Å². The van der Waals surface area contributed by atoms with Gasteiger partial charge in [-0.05, 0) is 25.9 Å².